The van der Waals surface area contributed by atoms with Crippen molar-refractivity contribution in [2.45, 2.75) is 44.4 Å². The van der Waals surface area contributed by atoms with Gasteiger partial charge in [-0.05, 0) is 73.4 Å². The summed E-state index contributed by atoms with van der Waals surface area (Å²) >= 11 is 0. The van der Waals surface area contributed by atoms with Crippen molar-refractivity contribution in [3.8, 4) is 5.69 Å². The van der Waals surface area contributed by atoms with E-state index in [1.807, 2.05) is 19.1 Å². The summed E-state index contributed by atoms with van der Waals surface area (Å²) in [4.78, 5) is 11.5. The molecular weight excluding hydrogens is 477 g/mol. The first kappa shape index (κ1) is 23.9. The van der Waals surface area contributed by atoms with E-state index in [4.69, 9.17) is 0 Å². The van der Waals surface area contributed by atoms with Crippen molar-refractivity contribution >= 4 is 38.1 Å². The highest BCUT2D eigenvalue weighted by molar-refractivity contribution is 7.90. The molecular formula is C28H26FN3O3S. The molecule has 0 amide bonds. The fourth-order valence-electron chi connectivity index (χ4n) is 4.81. The van der Waals surface area contributed by atoms with Gasteiger partial charge in [-0.25, -0.2) is 4.39 Å². The first-order valence-corrected chi connectivity index (χ1v) is 13.2. The molecule has 0 atom stereocenters. The maximum Gasteiger partial charge on any atom is 0.283 e. The molecule has 0 aliphatic carbocycles. The Morgan fingerprint density at radius 1 is 1.00 bits per heavy atom. The summed E-state index contributed by atoms with van der Waals surface area (Å²) in [6.07, 6.45) is 3.27. The normalized spacial score (nSPS) is 12.1. The minimum atomic E-state index is -3.91. The molecule has 2 aromatic heterocycles. The SMILES string of the molecule is Cc1ccc(S(=O)(=O)n2ncc3cc4c(cc32)c(CCC=O)c(C(C)C)n4-c2ccc(F)cc2)cc1. The zero-order valence-electron chi connectivity index (χ0n) is 20.3. The largest absolute Gasteiger partial charge is 0.313 e. The van der Waals surface area contributed by atoms with Gasteiger partial charge in [0, 0.05) is 28.6 Å². The Balaban J connectivity index is 1.82. The van der Waals surface area contributed by atoms with Crippen molar-refractivity contribution in [2.24, 2.45) is 0 Å². The second-order valence-corrected chi connectivity index (χ2v) is 11.0. The maximum absolute atomic E-state index is 13.7. The lowest BCUT2D eigenvalue weighted by atomic mass is 9.99. The van der Waals surface area contributed by atoms with E-state index in [2.05, 4.69) is 23.5 Å². The maximum atomic E-state index is 13.7. The third-order valence-corrected chi connectivity index (χ3v) is 8.07. The molecule has 0 N–H and O–H groups in total. The highest BCUT2D eigenvalue weighted by atomic mass is 32.2. The minimum Gasteiger partial charge on any atom is -0.313 e. The van der Waals surface area contributed by atoms with Gasteiger partial charge in [0.2, 0.25) is 0 Å². The summed E-state index contributed by atoms with van der Waals surface area (Å²) < 4.78 is 43.8. The fraction of sp³-hybridized carbons (Fsp3) is 0.214. The number of carbonyl (C=O) groups excluding carboxylic acids is 1. The van der Waals surface area contributed by atoms with Crippen molar-refractivity contribution in [2.75, 3.05) is 0 Å². The summed E-state index contributed by atoms with van der Waals surface area (Å²) in [5.74, 6) is -0.229. The van der Waals surface area contributed by atoms with E-state index in [0.29, 0.717) is 23.7 Å². The fourth-order valence-corrected chi connectivity index (χ4v) is 6.08. The molecule has 3 aromatic carbocycles. The van der Waals surface area contributed by atoms with E-state index in [1.54, 1.807) is 42.6 Å². The van der Waals surface area contributed by atoms with Crippen molar-refractivity contribution in [1.29, 1.82) is 0 Å². The van der Waals surface area contributed by atoms with Crippen LogP contribution in [0.5, 0.6) is 0 Å². The van der Waals surface area contributed by atoms with Crippen molar-refractivity contribution in [3.63, 3.8) is 0 Å². The van der Waals surface area contributed by atoms with Crippen LogP contribution in [-0.4, -0.2) is 28.5 Å². The number of fused-ring (bicyclic) bond motifs is 2. The van der Waals surface area contributed by atoms with Gasteiger partial charge in [0.1, 0.15) is 12.1 Å². The predicted octanol–water partition coefficient (Wildman–Crippen LogP) is 5.92. The van der Waals surface area contributed by atoms with Crippen molar-refractivity contribution in [1.82, 2.24) is 13.8 Å². The highest BCUT2D eigenvalue weighted by Crippen LogP contribution is 2.37. The Morgan fingerprint density at radius 2 is 1.69 bits per heavy atom. The number of hydrogen-bond donors (Lipinski definition) is 0. The number of rotatable bonds is 7. The smallest absolute Gasteiger partial charge is 0.283 e. The summed E-state index contributed by atoms with van der Waals surface area (Å²) in [6.45, 7) is 6.04. The second-order valence-electron chi connectivity index (χ2n) is 9.27. The number of halogens is 1. The molecule has 0 radical (unpaired) electrons. The number of aryl methyl sites for hydroxylation is 2. The van der Waals surface area contributed by atoms with Gasteiger partial charge >= 0.3 is 0 Å². The summed E-state index contributed by atoms with van der Waals surface area (Å²) in [5.41, 5.74) is 5.05. The Bertz CT molecular complexity index is 1700. The average molecular weight is 504 g/mol. The molecule has 8 heteroatoms. The second kappa shape index (κ2) is 9.02. The summed E-state index contributed by atoms with van der Waals surface area (Å²) in [6, 6.07) is 16.7. The monoisotopic (exact) mass is 503 g/mol. The lowest BCUT2D eigenvalue weighted by Gasteiger charge is -2.15. The van der Waals surface area contributed by atoms with Gasteiger partial charge < -0.3 is 9.36 Å². The molecule has 184 valence electrons. The van der Waals surface area contributed by atoms with Crippen LogP contribution in [-0.2, 0) is 21.2 Å². The summed E-state index contributed by atoms with van der Waals surface area (Å²) in [5, 5.41) is 5.75. The van der Waals surface area contributed by atoms with Crippen LogP contribution in [0, 0.1) is 12.7 Å². The molecule has 5 aromatic rings. The Hall–Kier alpha value is -3.78. The Labute approximate surface area is 209 Å². The molecule has 0 aliphatic rings. The molecule has 36 heavy (non-hydrogen) atoms. The number of aldehydes is 1. The average Bonchev–Trinajstić information content (AvgIpc) is 3.41. The standard InChI is InChI=1S/C28H26FN3O3S/c1-18(2)28-24(5-4-14-33)25-16-26-20(15-27(25)31(28)22-10-8-21(29)9-11-22)17-30-32(26)36(34,35)23-12-6-19(3)7-13-23/h6-18H,4-5H2,1-3H3. The first-order valence-electron chi connectivity index (χ1n) is 11.8. The number of carbonyl (C=O) groups is 1. The van der Waals surface area contributed by atoms with Crippen molar-refractivity contribution < 1.29 is 17.6 Å². The van der Waals surface area contributed by atoms with Gasteiger partial charge in [-0.3, -0.25) is 0 Å². The van der Waals surface area contributed by atoms with Crippen molar-refractivity contribution in [3.05, 3.63) is 89.5 Å². The zero-order chi connectivity index (χ0) is 25.6. The Kier molecular flexibility index (Phi) is 6.00. The first-order chi connectivity index (χ1) is 17.2. The van der Waals surface area contributed by atoms with Crippen LogP contribution in [0.4, 0.5) is 4.39 Å². The predicted molar refractivity (Wildman–Crippen MR) is 139 cm³/mol. The highest BCUT2D eigenvalue weighted by Gasteiger charge is 2.25. The molecule has 0 bridgehead atoms. The van der Waals surface area contributed by atoms with Crippen LogP contribution < -0.4 is 0 Å². The molecule has 0 saturated carbocycles. The minimum absolute atomic E-state index is 0.0972. The number of hydrogen-bond acceptors (Lipinski definition) is 4. The van der Waals surface area contributed by atoms with E-state index in [1.165, 1.54) is 12.1 Å². The lowest BCUT2D eigenvalue weighted by Crippen LogP contribution is -2.14. The van der Waals surface area contributed by atoms with Gasteiger partial charge in [0.05, 0.1) is 22.1 Å². The topological polar surface area (TPSA) is 74.0 Å². The van der Waals surface area contributed by atoms with E-state index in [-0.39, 0.29) is 16.6 Å². The molecule has 0 spiro atoms. The molecule has 0 unspecified atom stereocenters. The van der Waals surface area contributed by atoms with E-state index in [0.717, 1.165) is 43.8 Å². The molecule has 2 heterocycles. The van der Waals surface area contributed by atoms with Gasteiger partial charge in [-0.2, -0.15) is 17.6 Å². The molecule has 0 aliphatic heterocycles. The van der Waals surface area contributed by atoms with Crippen LogP contribution in [0.3, 0.4) is 0 Å². The summed E-state index contributed by atoms with van der Waals surface area (Å²) in [7, 11) is -3.91. The van der Waals surface area contributed by atoms with Crippen LogP contribution in [0.1, 0.15) is 43.0 Å². The Morgan fingerprint density at radius 3 is 2.33 bits per heavy atom. The van der Waals surface area contributed by atoms with E-state index < -0.39 is 10.0 Å². The van der Waals surface area contributed by atoms with E-state index >= 15 is 0 Å². The van der Waals surface area contributed by atoms with E-state index in [9.17, 15) is 17.6 Å². The number of aromatic nitrogens is 3. The molecule has 0 fully saturated rings. The van der Waals surface area contributed by atoms with Crippen LogP contribution in [0.25, 0.3) is 27.5 Å². The molecule has 6 nitrogen and oxygen atoms in total. The zero-order valence-corrected chi connectivity index (χ0v) is 21.1. The van der Waals surface area contributed by atoms with Crippen LogP contribution in [0.15, 0.2) is 71.8 Å². The van der Waals surface area contributed by atoms with Gasteiger partial charge in [0.25, 0.3) is 10.0 Å². The third-order valence-electron chi connectivity index (χ3n) is 6.46. The number of nitrogens with zero attached hydrogens (tertiary/aromatic N) is 3. The molecule has 0 saturated heterocycles. The lowest BCUT2D eigenvalue weighted by molar-refractivity contribution is -0.107. The number of benzene rings is 3. The van der Waals surface area contributed by atoms with Crippen LogP contribution >= 0.6 is 0 Å². The molecule has 5 rings (SSSR count). The van der Waals surface area contributed by atoms with Gasteiger partial charge in [-0.1, -0.05) is 31.5 Å². The van der Waals surface area contributed by atoms with Gasteiger partial charge in [0.15, 0.2) is 0 Å². The third kappa shape index (κ3) is 3.91. The van der Waals surface area contributed by atoms with Crippen LogP contribution in [0.2, 0.25) is 0 Å². The van der Waals surface area contributed by atoms with Gasteiger partial charge in [-0.15, -0.1) is 0 Å². The quantitative estimate of drug-likeness (QED) is 0.259.